The summed E-state index contributed by atoms with van der Waals surface area (Å²) in [5.41, 5.74) is -0.802. The van der Waals surface area contributed by atoms with Crippen LogP contribution in [0.1, 0.15) is 34.1 Å². The van der Waals surface area contributed by atoms with Crippen LogP contribution < -0.4 is 0 Å². The minimum absolute atomic E-state index is 0.250. The lowest BCUT2D eigenvalue weighted by molar-refractivity contribution is 0.0625. The van der Waals surface area contributed by atoms with Crippen molar-refractivity contribution < 1.29 is 5.11 Å². The molecule has 0 amide bonds. The minimum atomic E-state index is -0.802. The van der Waals surface area contributed by atoms with Gasteiger partial charge in [-0.15, -0.1) is 5.92 Å². The Balaban J connectivity index is 4.18. The molecule has 0 aromatic rings. The maximum absolute atomic E-state index is 9.61. The molecule has 0 saturated carbocycles. The molecule has 0 radical (unpaired) electrons. The summed E-state index contributed by atoms with van der Waals surface area (Å²) in [6.45, 7) is 7.56. The van der Waals surface area contributed by atoms with Crippen LogP contribution in [0.3, 0.4) is 0 Å². The van der Waals surface area contributed by atoms with Crippen LogP contribution in [0.25, 0.3) is 0 Å². The molecule has 2 unspecified atom stereocenters. The Kier molecular flexibility index (Phi) is 3.46. The van der Waals surface area contributed by atoms with E-state index >= 15 is 0 Å². The van der Waals surface area contributed by atoms with Crippen molar-refractivity contribution in [3.05, 3.63) is 0 Å². The van der Waals surface area contributed by atoms with Gasteiger partial charge < -0.3 is 5.11 Å². The Morgan fingerprint density at radius 1 is 1.60 bits per heavy atom. The summed E-state index contributed by atoms with van der Waals surface area (Å²) in [6.07, 6.45) is 0.960. The molecule has 0 aromatic carbocycles. The quantitative estimate of drug-likeness (QED) is 0.580. The summed E-state index contributed by atoms with van der Waals surface area (Å²) in [6, 6.07) is 0. The second-order valence-electron chi connectivity index (χ2n) is 2.83. The van der Waals surface area contributed by atoms with Gasteiger partial charge in [-0.2, -0.15) is 0 Å². The predicted molar refractivity (Wildman–Crippen MR) is 43.5 cm³/mol. The van der Waals surface area contributed by atoms with Crippen molar-refractivity contribution in [2.45, 2.75) is 39.7 Å². The highest BCUT2D eigenvalue weighted by atomic mass is 16.3. The summed E-state index contributed by atoms with van der Waals surface area (Å²) in [5, 5.41) is 9.61. The fraction of sp³-hybridized carbons (Fsp3) is 0.778. The van der Waals surface area contributed by atoms with E-state index in [9.17, 15) is 5.11 Å². The molecule has 1 heteroatoms. The van der Waals surface area contributed by atoms with E-state index in [4.69, 9.17) is 0 Å². The molecule has 0 heterocycles. The molecule has 1 nitrogen and oxygen atoms in total. The maximum atomic E-state index is 9.61. The standard InChI is InChI=1S/C9H16O/c1-5-7-9(4,10)8(3)6-2/h8,10H,6H2,1-4H3. The molecule has 0 aliphatic carbocycles. The third kappa shape index (κ3) is 2.41. The van der Waals surface area contributed by atoms with Crippen molar-refractivity contribution in [3.63, 3.8) is 0 Å². The minimum Gasteiger partial charge on any atom is -0.378 e. The zero-order chi connectivity index (χ0) is 8.20. The number of hydrogen-bond donors (Lipinski definition) is 1. The summed E-state index contributed by atoms with van der Waals surface area (Å²) in [7, 11) is 0. The van der Waals surface area contributed by atoms with Crippen molar-refractivity contribution in [1.82, 2.24) is 0 Å². The molecule has 0 spiro atoms. The molecular formula is C9H16O. The van der Waals surface area contributed by atoms with Gasteiger partial charge in [-0.3, -0.25) is 0 Å². The van der Waals surface area contributed by atoms with Gasteiger partial charge in [0, 0.05) is 0 Å². The van der Waals surface area contributed by atoms with Crippen LogP contribution in [0.2, 0.25) is 0 Å². The number of hydrogen-bond acceptors (Lipinski definition) is 1. The largest absolute Gasteiger partial charge is 0.378 e. The molecule has 0 rings (SSSR count). The van der Waals surface area contributed by atoms with Gasteiger partial charge in [0.25, 0.3) is 0 Å². The molecule has 0 aliphatic heterocycles. The molecule has 1 N–H and O–H groups in total. The Morgan fingerprint density at radius 3 is 2.40 bits per heavy atom. The van der Waals surface area contributed by atoms with E-state index in [1.165, 1.54) is 0 Å². The lowest BCUT2D eigenvalue weighted by Gasteiger charge is -2.23. The monoisotopic (exact) mass is 140 g/mol. The van der Waals surface area contributed by atoms with E-state index in [2.05, 4.69) is 18.8 Å². The maximum Gasteiger partial charge on any atom is 0.125 e. The second-order valence-corrected chi connectivity index (χ2v) is 2.83. The molecule has 0 fully saturated rings. The average Bonchev–Trinajstić information content (AvgIpc) is 1.86. The van der Waals surface area contributed by atoms with Crippen molar-refractivity contribution >= 4 is 0 Å². The SMILES string of the molecule is CC#CC(C)(O)C(C)CC. The Morgan fingerprint density at radius 2 is 2.10 bits per heavy atom. The molecular weight excluding hydrogens is 124 g/mol. The lowest BCUT2D eigenvalue weighted by Crippen LogP contribution is -2.30. The van der Waals surface area contributed by atoms with E-state index in [1.807, 2.05) is 6.92 Å². The van der Waals surface area contributed by atoms with Crippen molar-refractivity contribution in [2.24, 2.45) is 5.92 Å². The highest BCUT2D eigenvalue weighted by Gasteiger charge is 2.23. The van der Waals surface area contributed by atoms with Crippen LogP contribution in [0.15, 0.2) is 0 Å². The summed E-state index contributed by atoms with van der Waals surface area (Å²) in [4.78, 5) is 0. The molecule has 0 bridgehead atoms. The molecule has 0 saturated heterocycles. The zero-order valence-corrected chi connectivity index (χ0v) is 7.23. The van der Waals surface area contributed by atoms with Crippen LogP contribution >= 0.6 is 0 Å². The van der Waals surface area contributed by atoms with E-state index in [0.29, 0.717) is 0 Å². The third-order valence-electron chi connectivity index (χ3n) is 1.95. The van der Waals surface area contributed by atoms with Gasteiger partial charge in [-0.05, 0) is 26.2 Å². The van der Waals surface area contributed by atoms with Gasteiger partial charge in [0.2, 0.25) is 0 Å². The van der Waals surface area contributed by atoms with Crippen molar-refractivity contribution in [3.8, 4) is 11.8 Å². The van der Waals surface area contributed by atoms with Crippen LogP contribution in [-0.2, 0) is 0 Å². The molecule has 0 aliphatic rings. The van der Waals surface area contributed by atoms with Crippen molar-refractivity contribution in [1.29, 1.82) is 0 Å². The normalized spacial score (nSPS) is 18.5. The topological polar surface area (TPSA) is 20.2 Å². The molecule has 2 atom stereocenters. The lowest BCUT2D eigenvalue weighted by atomic mass is 9.89. The van der Waals surface area contributed by atoms with Crippen LogP contribution in [0.5, 0.6) is 0 Å². The fourth-order valence-electron chi connectivity index (χ4n) is 0.774. The summed E-state index contributed by atoms with van der Waals surface area (Å²) < 4.78 is 0. The Bertz CT molecular complexity index is 148. The first-order chi connectivity index (χ1) is 4.54. The highest BCUT2D eigenvalue weighted by Crippen LogP contribution is 2.18. The first-order valence-corrected chi connectivity index (χ1v) is 3.70. The van der Waals surface area contributed by atoms with E-state index < -0.39 is 5.60 Å². The number of rotatable bonds is 2. The Labute approximate surface area is 63.5 Å². The van der Waals surface area contributed by atoms with E-state index in [0.717, 1.165) is 6.42 Å². The van der Waals surface area contributed by atoms with Crippen molar-refractivity contribution in [2.75, 3.05) is 0 Å². The van der Waals surface area contributed by atoms with Gasteiger partial charge in [0.15, 0.2) is 0 Å². The average molecular weight is 140 g/mol. The first-order valence-electron chi connectivity index (χ1n) is 3.70. The van der Waals surface area contributed by atoms with E-state index in [1.54, 1.807) is 13.8 Å². The van der Waals surface area contributed by atoms with Crippen LogP contribution in [0.4, 0.5) is 0 Å². The van der Waals surface area contributed by atoms with Crippen LogP contribution in [0, 0.1) is 17.8 Å². The fourth-order valence-corrected chi connectivity index (χ4v) is 0.774. The zero-order valence-electron chi connectivity index (χ0n) is 7.23. The summed E-state index contributed by atoms with van der Waals surface area (Å²) in [5.74, 6) is 5.75. The molecule has 10 heavy (non-hydrogen) atoms. The van der Waals surface area contributed by atoms with Gasteiger partial charge in [-0.25, -0.2) is 0 Å². The van der Waals surface area contributed by atoms with Gasteiger partial charge in [-0.1, -0.05) is 19.8 Å². The molecule has 0 aromatic heterocycles. The smallest absolute Gasteiger partial charge is 0.125 e. The molecule has 58 valence electrons. The predicted octanol–water partition coefficient (Wildman–Crippen LogP) is 1.81. The third-order valence-corrected chi connectivity index (χ3v) is 1.95. The van der Waals surface area contributed by atoms with Gasteiger partial charge in [0.1, 0.15) is 5.60 Å². The first kappa shape index (κ1) is 9.52. The summed E-state index contributed by atoms with van der Waals surface area (Å²) >= 11 is 0. The Hall–Kier alpha value is -0.480. The van der Waals surface area contributed by atoms with Gasteiger partial charge in [0.05, 0.1) is 0 Å². The van der Waals surface area contributed by atoms with E-state index in [-0.39, 0.29) is 5.92 Å². The second kappa shape index (κ2) is 3.63. The number of aliphatic hydroxyl groups is 1. The van der Waals surface area contributed by atoms with Crippen LogP contribution in [-0.4, -0.2) is 10.7 Å². The highest BCUT2D eigenvalue weighted by molar-refractivity contribution is 5.11. The van der Waals surface area contributed by atoms with Gasteiger partial charge >= 0.3 is 0 Å².